The third kappa shape index (κ3) is 1.63. The Bertz CT molecular complexity index is 414. The molecule has 0 aromatic carbocycles. The van der Waals surface area contributed by atoms with Gasteiger partial charge in [0.1, 0.15) is 0 Å². The lowest BCUT2D eigenvalue weighted by Gasteiger charge is -2.49. The SMILES string of the molecule is CC1(C)C(O)CC1NC(=O)c1nc(N)n[nH]1. The standard InChI is InChI=1S/C9H15N5O2/c1-9(2)4(3-5(9)15)11-7(16)6-12-8(10)14-13-6/h4-5,15H,3H2,1-2H3,(H,11,16)(H3,10,12,13,14). The van der Waals surface area contributed by atoms with Crippen LogP contribution in [0.3, 0.4) is 0 Å². The maximum atomic E-state index is 11.7. The molecule has 1 heterocycles. The Balaban J connectivity index is 1.99. The smallest absolute Gasteiger partial charge is 0.288 e. The highest BCUT2D eigenvalue weighted by Crippen LogP contribution is 2.40. The highest BCUT2D eigenvalue weighted by Gasteiger charge is 2.48. The van der Waals surface area contributed by atoms with E-state index in [9.17, 15) is 9.90 Å². The lowest BCUT2D eigenvalue weighted by atomic mass is 9.64. The van der Waals surface area contributed by atoms with Crippen molar-refractivity contribution in [3.8, 4) is 0 Å². The number of aromatic nitrogens is 3. The van der Waals surface area contributed by atoms with E-state index in [1.165, 1.54) is 0 Å². The van der Waals surface area contributed by atoms with Gasteiger partial charge in [-0.05, 0) is 6.42 Å². The summed E-state index contributed by atoms with van der Waals surface area (Å²) >= 11 is 0. The summed E-state index contributed by atoms with van der Waals surface area (Å²) in [5.74, 6) is -0.220. The van der Waals surface area contributed by atoms with E-state index in [2.05, 4.69) is 20.5 Å². The summed E-state index contributed by atoms with van der Waals surface area (Å²) in [7, 11) is 0. The molecule has 2 rings (SSSR count). The highest BCUT2D eigenvalue weighted by molar-refractivity contribution is 5.90. The maximum Gasteiger partial charge on any atom is 0.288 e. The van der Waals surface area contributed by atoms with Crippen LogP contribution in [0.2, 0.25) is 0 Å². The number of nitrogens with one attached hydrogen (secondary N) is 2. The predicted molar refractivity (Wildman–Crippen MR) is 56.5 cm³/mol. The second kappa shape index (κ2) is 3.44. The molecule has 16 heavy (non-hydrogen) atoms. The minimum Gasteiger partial charge on any atom is -0.392 e. The first-order valence-electron chi connectivity index (χ1n) is 5.08. The molecule has 0 saturated heterocycles. The summed E-state index contributed by atoms with van der Waals surface area (Å²) in [5, 5.41) is 18.3. The van der Waals surface area contributed by atoms with Gasteiger partial charge in [0.2, 0.25) is 11.8 Å². The summed E-state index contributed by atoms with van der Waals surface area (Å²) in [6.07, 6.45) is 0.181. The molecule has 1 aliphatic carbocycles. The Hall–Kier alpha value is -1.63. The molecule has 0 spiro atoms. The number of aliphatic hydroxyl groups excluding tert-OH is 1. The van der Waals surface area contributed by atoms with Gasteiger partial charge < -0.3 is 16.2 Å². The fourth-order valence-electron chi connectivity index (χ4n) is 1.75. The van der Waals surface area contributed by atoms with Gasteiger partial charge in [-0.2, -0.15) is 4.98 Å². The summed E-state index contributed by atoms with van der Waals surface area (Å²) < 4.78 is 0. The van der Waals surface area contributed by atoms with Crippen molar-refractivity contribution in [2.75, 3.05) is 5.73 Å². The number of rotatable bonds is 2. The Labute approximate surface area is 92.4 Å². The van der Waals surface area contributed by atoms with Gasteiger partial charge in [0, 0.05) is 11.5 Å². The Kier molecular flexibility index (Phi) is 2.34. The number of amides is 1. The summed E-state index contributed by atoms with van der Waals surface area (Å²) in [6, 6.07) is -0.0543. The average molecular weight is 225 g/mol. The number of carbonyl (C=O) groups is 1. The normalized spacial score (nSPS) is 27.2. The van der Waals surface area contributed by atoms with Gasteiger partial charge >= 0.3 is 0 Å². The Morgan fingerprint density at radius 3 is 2.81 bits per heavy atom. The van der Waals surface area contributed by atoms with Crippen LogP contribution >= 0.6 is 0 Å². The van der Waals surface area contributed by atoms with Crippen LogP contribution < -0.4 is 11.1 Å². The topological polar surface area (TPSA) is 117 Å². The van der Waals surface area contributed by atoms with Crippen LogP contribution in [0.4, 0.5) is 5.95 Å². The third-order valence-electron chi connectivity index (χ3n) is 3.24. The number of carbonyl (C=O) groups excluding carboxylic acids is 1. The quantitative estimate of drug-likeness (QED) is 0.529. The van der Waals surface area contributed by atoms with Crippen LogP contribution in [-0.4, -0.2) is 38.3 Å². The molecule has 2 unspecified atom stereocenters. The molecule has 1 fully saturated rings. The van der Waals surface area contributed by atoms with Crippen molar-refractivity contribution in [3.05, 3.63) is 5.82 Å². The zero-order valence-corrected chi connectivity index (χ0v) is 9.19. The molecule has 5 N–H and O–H groups in total. The molecule has 0 aliphatic heterocycles. The van der Waals surface area contributed by atoms with Crippen LogP contribution in [0.25, 0.3) is 0 Å². The number of aliphatic hydroxyl groups is 1. The summed E-state index contributed by atoms with van der Waals surface area (Å²) in [5.41, 5.74) is 4.99. The zero-order valence-electron chi connectivity index (χ0n) is 9.19. The molecule has 1 aromatic rings. The fourth-order valence-corrected chi connectivity index (χ4v) is 1.75. The van der Waals surface area contributed by atoms with Crippen LogP contribution in [0.5, 0.6) is 0 Å². The number of nitrogens with zero attached hydrogens (tertiary/aromatic N) is 2. The molecular weight excluding hydrogens is 210 g/mol. The summed E-state index contributed by atoms with van der Waals surface area (Å²) in [6.45, 7) is 3.81. The van der Waals surface area contributed by atoms with Crippen LogP contribution in [0, 0.1) is 5.41 Å². The maximum absolute atomic E-state index is 11.7. The third-order valence-corrected chi connectivity index (χ3v) is 3.24. The average Bonchev–Trinajstić information content (AvgIpc) is 2.64. The second-order valence-corrected chi connectivity index (χ2v) is 4.64. The first-order chi connectivity index (χ1) is 7.41. The summed E-state index contributed by atoms with van der Waals surface area (Å²) in [4.78, 5) is 15.4. The molecule has 1 aromatic heterocycles. The second-order valence-electron chi connectivity index (χ2n) is 4.64. The van der Waals surface area contributed by atoms with E-state index in [-0.39, 0.29) is 35.2 Å². The number of hydrogen-bond acceptors (Lipinski definition) is 5. The Morgan fingerprint density at radius 2 is 2.38 bits per heavy atom. The molecular formula is C9H15N5O2. The van der Waals surface area contributed by atoms with Gasteiger partial charge in [-0.1, -0.05) is 13.8 Å². The van der Waals surface area contributed by atoms with Gasteiger partial charge in [0.15, 0.2) is 0 Å². The van der Waals surface area contributed by atoms with E-state index < -0.39 is 0 Å². The minimum atomic E-state index is -0.377. The molecule has 1 saturated carbocycles. The van der Waals surface area contributed by atoms with Crippen molar-refractivity contribution in [2.24, 2.45) is 5.41 Å². The van der Waals surface area contributed by atoms with Gasteiger partial charge in [0.05, 0.1) is 6.10 Å². The van der Waals surface area contributed by atoms with E-state index in [0.29, 0.717) is 6.42 Å². The molecule has 88 valence electrons. The van der Waals surface area contributed by atoms with E-state index >= 15 is 0 Å². The number of nitrogen functional groups attached to an aromatic ring is 1. The molecule has 7 nitrogen and oxygen atoms in total. The van der Waals surface area contributed by atoms with E-state index in [1.807, 2.05) is 13.8 Å². The first-order valence-corrected chi connectivity index (χ1v) is 5.08. The van der Waals surface area contributed by atoms with Gasteiger partial charge in [-0.3, -0.25) is 9.89 Å². The molecule has 2 atom stereocenters. The number of aromatic amines is 1. The van der Waals surface area contributed by atoms with Crippen LogP contribution in [-0.2, 0) is 0 Å². The number of hydrogen-bond donors (Lipinski definition) is 4. The van der Waals surface area contributed by atoms with Crippen molar-refractivity contribution in [1.82, 2.24) is 20.5 Å². The lowest BCUT2D eigenvalue weighted by molar-refractivity contribution is -0.0690. The zero-order chi connectivity index (χ0) is 11.9. The van der Waals surface area contributed by atoms with Crippen molar-refractivity contribution in [1.29, 1.82) is 0 Å². The largest absolute Gasteiger partial charge is 0.392 e. The Morgan fingerprint density at radius 1 is 1.69 bits per heavy atom. The van der Waals surface area contributed by atoms with Crippen LogP contribution in [0.1, 0.15) is 30.9 Å². The monoisotopic (exact) mass is 225 g/mol. The number of anilines is 1. The van der Waals surface area contributed by atoms with Gasteiger partial charge in [0.25, 0.3) is 5.91 Å². The molecule has 0 bridgehead atoms. The minimum absolute atomic E-state index is 0.0399. The number of nitrogens with two attached hydrogens (primary N) is 1. The van der Waals surface area contributed by atoms with E-state index in [0.717, 1.165) is 0 Å². The van der Waals surface area contributed by atoms with Crippen molar-refractivity contribution < 1.29 is 9.90 Å². The lowest BCUT2D eigenvalue weighted by Crippen LogP contribution is -2.61. The fraction of sp³-hybridized carbons (Fsp3) is 0.667. The van der Waals surface area contributed by atoms with E-state index in [4.69, 9.17) is 5.73 Å². The first kappa shape index (κ1) is 10.9. The van der Waals surface area contributed by atoms with Crippen molar-refractivity contribution in [2.45, 2.75) is 32.4 Å². The molecule has 0 radical (unpaired) electrons. The molecule has 1 amide bonds. The van der Waals surface area contributed by atoms with Crippen molar-refractivity contribution >= 4 is 11.9 Å². The molecule has 7 heteroatoms. The van der Waals surface area contributed by atoms with Gasteiger partial charge in [-0.25, -0.2) is 0 Å². The predicted octanol–water partition coefficient (Wildman–Crippen LogP) is -0.724. The van der Waals surface area contributed by atoms with Gasteiger partial charge in [-0.15, -0.1) is 5.10 Å². The van der Waals surface area contributed by atoms with Crippen molar-refractivity contribution in [3.63, 3.8) is 0 Å². The molecule has 1 aliphatic rings. The van der Waals surface area contributed by atoms with Crippen LogP contribution in [0.15, 0.2) is 0 Å². The highest BCUT2D eigenvalue weighted by atomic mass is 16.3. The van der Waals surface area contributed by atoms with E-state index in [1.54, 1.807) is 0 Å². The number of H-pyrrole nitrogens is 1.